The van der Waals surface area contributed by atoms with Crippen molar-refractivity contribution in [1.29, 1.82) is 0 Å². The SMILES string of the molecule is Cc1cc2c(OC[C@H](C[NH2+]C(C)(C)C)OC(=O)c3ccccc3)cccc2[nH]1. The molecule has 0 saturated carbocycles. The number of hydrogen-bond acceptors (Lipinski definition) is 3. The number of hydrogen-bond donors (Lipinski definition) is 2. The molecule has 3 aromatic rings. The molecule has 28 heavy (non-hydrogen) atoms. The van der Waals surface area contributed by atoms with Gasteiger partial charge in [-0.05, 0) is 58.0 Å². The van der Waals surface area contributed by atoms with Crippen molar-refractivity contribution in [2.45, 2.75) is 39.3 Å². The molecule has 0 radical (unpaired) electrons. The third-order valence-corrected chi connectivity index (χ3v) is 4.46. The number of quaternary nitrogens is 1. The van der Waals surface area contributed by atoms with Gasteiger partial charge in [-0.15, -0.1) is 0 Å². The zero-order chi connectivity index (χ0) is 20.1. The monoisotopic (exact) mass is 381 g/mol. The number of esters is 1. The van der Waals surface area contributed by atoms with Crippen molar-refractivity contribution in [2.24, 2.45) is 0 Å². The predicted molar refractivity (Wildman–Crippen MR) is 111 cm³/mol. The molecule has 0 saturated heterocycles. The van der Waals surface area contributed by atoms with Crippen LogP contribution in [0.5, 0.6) is 5.75 Å². The highest BCUT2D eigenvalue weighted by atomic mass is 16.6. The standard InChI is InChI=1S/C23H28N2O3/c1-16-13-19-20(25-16)11-8-12-21(19)27-15-18(14-24-23(2,3)4)28-22(26)17-9-6-5-7-10-17/h5-13,18,24-25H,14-15H2,1-4H3/p+1/t18-/m0/s1. The Morgan fingerprint density at radius 3 is 2.57 bits per heavy atom. The van der Waals surface area contributed by atoms with Gasteiger partial charge < -0.3 is 19.8 Å². The summed E-state index contributed by atoms with van der Waals surface area (Å²) in [5, 5.41) is 3.20. The summed E-state index contributed by atoms with van der Waals surface area (Å²) < 4.78 is 11.8. The lowest BCUT2D eigenvalue weighted by molar-refractivity contribution is -0.721. The van der Waals surface area contributed by atoms with Gasteiger partial charge in [-0.1, -0.05) is 24.3 Å². The summed E-state index contributed by atoms with van der Waals surface area (Å²) in [4.78, 5) is 15.8. The first-order chi connectivity index (χ1) is 13.3. The minimum absolute atomic E-state index is 0.0369. The van der Waals surface area contributed by atoms with E-state index in [0.29, 0.717) is 18.7 Å². The maximum absolute atomic E-state index is 12.5. The Hall–Kier alpha value is -2.79. The molecule has 0 spiro atoms. The molecule has 0 aliphatic rings. The fourth-order valence-corrected chi connectivity index (χ4v) is 3.00. The first-order valence-electron chi connectivity index (χ1n) is 9.63. The second-order valence-electron chi connectivity index (χ2n) is 8.18. The van der Waals surface area contributed by atoms with Crippen LogP contribution in [0.25, 0.3) is 10.9 Å². The summed E-state index contributed by atoms with van der Waals surface area (Å²) in [5.41, 5.74) is 2.70. The van der Waals surface area contributed by atoms with Gasteiger partial charge in [0.25, 0.3) is 0 Å². The number of aromatic amines is 1. The number of fused-ring (bicyclic) bond motifs is 1. The predicted octanol–water partition coefficient (Wildman–Crippen LogP) is 3.44. The number of nitrogens with one attached hydrogen (secondary N) is 1. The van der Waals surface area contributed by atoms with Crippen LogP contribution < -0.4 is 10.1 Å². The molecule has 1 atom stereocenters. The fourth-order valence-electron chi connectivity index (χ4n) is 3.00. The van der Waals surface area contributed by atoms with Gasteiger partial charge in [0.1, 0.15) is 18.9 Å². The summed E-state index contributed by atoms with van der Waals surface area (Å²) in [6.45, 7) is 9.35. The molecule has 5 nitrogen and oxygen atoms in total. The van der Waals surface area contributed by atoms with Crippen LogP contribution in [0.15, 0.2) is 54.6 Å². The van der Waals surface area contributed by atoms with E-state index in [2.05, 4.69) is 37.1 Å². The molecule has 0 amide bonds. The van der Waals surface area contributed by atoms with E-state index >= 15 is 0 Å². The molecule has 3 rings (SSSR count). The Balaban J connectivity index is 1.71. The van der Waals surface area contributed by atoms with Crippen molar-refractivity contribution >= 4 is 16.9 Å². The number of carbonyl (C=O) groups excluding carboxylic acids is 1. The zero-order valence-corrected chi connectivity index (χ0v) is 17.0. The van der Waals surface area contributed by atoms with Crippen molar-refractivity contribution in [3.05, 3.63) is 65.9 Å². The van der Waals surface area contributed by atoms with E-state index in [4.69, 9.17) is 9.47 Å². The van der Waals surface area contributed by atoms with E-state index in [1.807, 2.05) is 43.3 Å². The van der Waals surface area contributed by atoms with Gasteiger partial charge in [-0.2, -0.15) is 0 Å². The highest BCUT2D eigenvalue weighted by Crippen LogP contribution is 2.26. The second kappa shape index (κ2) is 8.48. The van der Waals surface area contributed by atoms with Crippen molar-refractivity contribution in [1.82, 2.24) is 4.98 Å². The van der Waals surface area contributed by atoms with Crippen molar-refractivity contribution in [3.63, 3.8) is 0 Å². The fraction of sp³-hybridized carbons (Fsp3) is 0.348. The van der Waals surface area contributed by atoms with E-state index in [1.165, 1.54) is 0 Å². The van der Waals surface area contributed by atoms with Crippen LogP contribution in [0.1, 0.15) is 36.8 Å². The van der Waals surface area contributed by atoms with E-state index < -0.39 is 0 Å². The maximum Gasteiger partial charge on any atom is 0.338 e. The normalized spacial score (nSPS) is 12.7. The Labute approximate surface area is 166 Å². The highest BCUT2D eigenvalue weighted by molar-refractivity contribution is 5.89. The summed E-state index contributed by atoms with van der Waals surface area (Å²) in [5.74, 6) is 0.463. The van der Waals surface area contributed by atoms with Gasteiger partial charge in [0.05, 0.1) is 11.1 Å². The van der Waals surface area contributed by atoms with E-state index in [0.717, 1.165) is 22.3 Å². The van der Waals surface area contributed by atoms with Crippen molar-refractivity contribution in [3.8, 4) is 5.75 Å². The number of nitrogens with two attached hydrogens (primary N) is 1. The molecule has 3 N–H and O–H groups in total. The molecule has 148 valence electrons. The van der Waals surface area contributed by atoms with Gasteiger partial charge in [0.2, 0.25) is 0 Å². The molecule has 0 aliphatic carbocycles. The molecule has 0 unspecified atom stereocenters. The lowest BCUT2D eigenvalue weighted by Crippen LogP contribution is -2.96. The van der Waals surface area contributed by atoms with E-state index in [9.17, 15) is 4.79 Å². The third-order valence-electron chi connectivity index (χ3n) is 4.46. The van der Waals surface area contributed by atoms with Crippen LogP contribution >= 0.6 is 0 Å². The van der Waals surface area contributed by atoms with E-state index in [-0.39, 0.29) is 17.6 Å². The molecule has 2 aromatic carbocycles. The van der Waals surface area contributed by atoms with Crippen molar-refractivity contribution in [2.75, 3.05) is 13.2 Å². The first-order valence-corrected chi connectivity index (χ1v) is 9.63. The average molecular weight is 381 g/mol. The quantitative estimate of drug-likeness (QED) is 0.616. The molecular weight excluding hydrogens is 352 g/mol. The lowest BCUT2D eigenvalue weighted by atomic mass is 10.1. The van der Waals surface area contributed by atoms with Crippen molar-refractivity contribution < 1.29 is 19.6 Å². The molecule has 1 aromatic heterocycles. The second-order valence-corrected chi connectivity index (χ2v) is 8.18. The van der Waals surface area contributed by atoms with E-state index in [1.54, 1.807) is 12.1 Å². The van der Waals surface area contributed by atoms with Crippen LogP contribution in [0.4, 0.5) is 0 Å². The molecule has 5 heteroatoms. The summed E-state index contributed by atoms with van der Waals surface area (Å²) in [7, 11) is 0. The summed E-state index contributed by atoms with van der Waals surface area (Å²) in [6.07, 6.45) is -0.359. The van der Waals surface area contributed by atoms with Crippen LogP contribution in [0, 0.1) is 6.92 Å². The minimum Gasteiger partial charge on any atom is -0.489 e. The Bertz CT molecular complexity index is 926. The largest absolute Gasteiger partial charge is 0.489 e. The molecule has 1 heterocycles. The topological polar surface area (TPSA) is 67.9 Å². The number of ether oxygens (including phenoxy) is 2. The van der Waals surface area contributed by atoms with Crippen LogP contribution in [0.2, 0.25) is 0 Å². The maximum atomic E-state index is 12.5. The number of carbonyl (C=O) groups is 1. The summed E-state index contributed by atoms with van der Waals surface area (Å²) in [6, 6.07) is 17.1. The number of aryl methyl sites for hydroxylation is 1. The van der Waals surface area contributed by atoms with Gasteiger partial charge in [0.15, 0.2) is 6.10 Å². The first kappa shape index (κ1) is 20.0. The smallest absolute Gasteiger partial charge is 0.338 e. The zero-order valence-electron chi connectivity index (χ0n) is 17.0. The van der Waals surface area contributed by atoms with Crippen LogP contribution in [-0.2, 0) is 4.74 Å². The molecule has 0 fully saturated rings. The van der Waals surface area contributed by atoms with Gasteiger partial charge in [-0.3, -0.25) is 0 Å². The molecule has 0 aliphatic heterocycles. The number of H-pyrrole nitrogens is 1. The van der Waals surface area contributed by atoms with Crippen LogP contribution in [-0.4, -0.2) is 35.7 Å². The van der Waals surface area contributed by atoms with Gasteiger partial charge in [-0.25, -0.2) is 4.79 Å². The van der Waals surface area contributed by atoms with Gasteiger partial charge >= 0.3 is 5.97 Å². The highest BCUT2D eigenvalue weighted by Gasteiger charge is 2.23. The number of benzene rings is 2. The average Bonchev–Trinajstić information content (AvgIpc) is 3.04. The third kappa shape index (κ3) is 5.36. The molecule has 0 bridgehead atoms. The van der Waals surface area contributed by atoms with Gasteiger partial charge in [0, 0.05) is 16.6 Å². The Morgan fingerprint density at radius 2 is 1.86 bits per heavy atom. The minimum atomic E-state index is -0.359. The van der Waals surface area contributed by atoms with Crippen LogP contribution in [0.3, 0.4) is 0 Å². The Morgan fingerprint density at radius 1 is 1.11 bits per heavy atom. The summed E-state index contributed by atoms with van der Waals surface area (Å²) >= 11 is 0. The number of rotatable bonds is 7. The number of aromatic nitrogens is 1. The Kier molecular flexibility index (Phi) is 6.05. The lowest BCUT2D eigenvalue weighted by Gasteiger charge is -2.23. The molecular formula is C23H29N2O3+.